The van der Waals surface area contributed by atoms with Crippen LogP contribution in [-0.4, -0.2) is 38.6 Å². The minimum atomic E-state index is -0.0250. The number of aromatic nitrogens is 1. The quantitative estimate of drug-likeness (QED) is 0.791. The van der Waals surface area contributed by atoms with Crippen molar-refractivity contribution in [3.63, 3.8) is 0 Å². The van der Waals surface area contributed by atoms with Gasteiger partial charge in [-0.2, -0.15) is 0 Å². The summed E-state index contributed by atoms with van der Waals surface area (Å²) in [6.07, 6.45) is 2.79. The third-order valence-corrected chi connectivity index (χ3v) is 5.80. The van der Waals surface area contributed by atoms with E-state index in [1.54, 1.807) is 20.3 Å². The summed E-state index contributed by atoms with van der Waals surface area (Å²) in [5.41, 5.74) is 4.04. The Bertz CT molecular complexity index is 927. The van der Waals surface area contributed by atoms with Crippen molar-refractivity contribution in [2.24, 2.45) is 5.92 Å². The number of nitrogens with zero attached hydrogens (tertiary/aromatic N) is 1. The molecule has 1 aromatic heterocycles. The Labute approximate surface area is 165 Å². The zero-order valence-corrected chi connectivity index (χ0v) is 16.7. The van der Waals surface area contributed by atoms with E-state index in [-0.39, 0.29) is 5.56 Å². The van der Waals surface area contributed by atoms with E-state index >= 15 is 0 Å². The predicted octanol–water partition coefficient (Wildman–Crippen LogP) is 3.20. The first-order chi connectivity index (χ1) is 13.6. The van der Waals surface area contributed by atoms with Crippen LogP contribution in [0.25, 0.3) is 11.3 Å². The van der Waals surface area contributed by atoms with Crippen molar-refractivity contribution in [3.05, 3.63) is 39.7 Å². The van der Waals surface area contributed by atoms with Gasteiger partial charge in [-0.05, 0) is 49.8 Å². The number of aryl methyl sites for hydroxylation is 1. The topological polar surface area (TPSA) is 58.9 Å². The molecule has 150 valence electrons. The van der Waals surface area contributed by atoms with Gasteiger partial charge in [-0.25, -0.2) is 0 Å². The molecule has 6 nitrogen and oxygen atoms in total. The normalized spacial score (nSPS) is 16.2. The zero-order valence-electron chi connectivity index (χ0n) is 16.7. The molecule has 0 saturated carbocycles. The molecule has 0 unspecified atom stereocenters. The molecule has 2 aromatic rings. The molecule has 0 radical (unpaired) electrons. The van der Waals surface area contributed by atoms with Crippen LogP contribution in [0.4, 0.5) is 0 Å². The number of fused-ring (bicyclic) bond motifs is 3. The number of hydrogen-bond donors (Lipinski definition) is 0. The molecule has 1 saturated heterocycles. The Morgan fingerprint density at radius 3 is 2.50 bits per heavy atom. The predicted molar refractivity (Wildman–Crippen MR) is 107 cm³/mol. The Balaban J connectivity index is 1.73. The Hall–Kier alpha value is -2.47. The summed E-state index contributed by atoms with van der Waals surface area (Å²) in [7, 11) is 3.26. The van der Waals surface area contributed by atoms with E-state index in [2.05, 4.69) is 0 Å². The van der Waals surface area contributed by atoms with Gasteiger partial charge in [0.1, 0.15) is 5.75 Å². The molecule has 2 aliphatic rings. The van der Waals surface area contributed by atoms with Crippen molar-refractivity contribution in [2.45, 2.75) is 32.7 Å². The van der Waals surface area contributed by atoms with Crippen molar-refractivity contribution in [3.8, 4) is 28.5 Å². The van der Waals surface area contributed by atoms with E-state index in [0.717, 1.165) is 54.9 Å². The fourth-order valence-electron chi connectivity index (χ4n) is 4.15. The van der Waals surface area contributed by atoms with Crippen molar-refractivity contribution < 1.29 is 18.9 Å². The minimum Gasteiger partial charge on any atom is -0.493 e. The highest BCUT2D eigenvalue weighted by atomic mass is 16.5. The average Bonchev–Trinajstić information content (AvgIpc) is 2.74. The number of hydrogen-bond acceptors (Lipinski definition) is 5. The molecule has 0 N–H and O–H groups in total. The summed E-state index contributed by atoms with van der Waals surface area (Å²) in [4.78, 5) is 12.8. The lowest BCUT2D eigenvalue weighted by Gasteiger charge is -2.27. The second kappa shape index (κ2) is 7.87. The SMILES string of the molecule is COc1cc2c(cc1OC)-c1c(C)c(OCC3CCOCC3)cc(=O)n1CC2. The second-order valence-corrected chi connectivity index (χ2v) is 7.45. The molecule has 1 fully saturated rings. The fraction of sp³-hybridized carbons (Fsp3) is 0.500. The standard InChI is InChI=1S/C22H27NO5/c1-14-18(28-13-15-5-8-27-9-6-15)12-21(24)23-7-4-16-10-19(25-2)20(26-3)11-17(16)22(14)23/h10-12,15H,4-9,13H2,1-3H3. The molecule has 6 heteroatoms. The maximum Gasteiger partial charge on any atom is 0.254 e. The first-order valence-electron chi connectivity index (χ1n) is 9.82. The van der Waals surface area contributed by atoms with Gasteiger partial charge in [0.25, 0.3) is 5.56 Å². The van der Waals surface area contributed by atoms with Gasteiger partial charge in [-0.3, -0.25) is 4.79 Å². The Morgan fingerprint density at radius 2 is 1.79 bits per heavy atom. The lowest BCUT2D eigenvalue weighted by Crippen LogP contribution is -2.28. The van der Waals surface area contributed by atoms with Gasteiger partial charge in [0.05, 0.1) is 26.5 Å². The van der Waals surface area contributed by atoms with Gasteiger partial charge < -0.3 is 23.5 Å². The van der Waals surface area contributed by atoms with Crippen LogP contribution < -0.4 is 19.8 Å². The molecule has 28 heavy (non-hydrogen) atoms. The molecule has 2 aliphatic heterocycles. The van der Waals surface area contributed by atoms with E-state index in [9.17, 15) is 4.79 Å². The lowest BCUT2D eigenvalue weighted by molar-refractivity contribution is 0.0496. The molecular formula is C22H27NO5. The summed E-state index contributed by atoms with van der Waals surface area (Å²) >= 11 is 0. The van der Waals surface area contributed by atoms with Crippen LogP contribution in [-0.2, 0) is 17.7 Å². The van der Waals surface area contributed by atoms with Gasteiger partial charge >= 0.3 is 0 Å². The molecule has 0 bridgehead atoms. The van der Waals surface area contributed by atoms with E-state index in [1.807, 2.05) is 23.6 Å². The van der Waals surface area contributed by atoms with Crippen molar-refractivity contribution >= 4 is 0 Å². The highest BCUT2D eigenvalue weighted by Gasteiger charge is 2.24. The van der Waals surface area contributed by atoms with Crippen LogP contribution in [0.15, 0.2) is 23.0 Å². The molecule has 0 amide bonds. The van der Waals surface area contributed by atoms with Crippen LogP contribution in [0.1, 0.15) is 24.0 Å². The van der Waals surface area contributed by atoms with Crippen LogP contribution >= 0.6 is 0 Å². The third-order valence-electron chi connectivity index (χ3n) is 5.80. The van der Waals surface area contributed by atoms with Crippen LogP contribution in [0.5, 0.6) is 17.2 Å². The largest absolute Gasteiger partial charge is 0.493 e. The maximum atomic E-state index is 12.8. The van der Waals surface area contributed by atoms with E-state index < -0.39 is 0 Å². The Morgan fingerprint density at radius 1 is 1.07 bits per heavy atom. The molecule has 0 aliphatic carbocycles. The zero-order chi connectivity index (χ0) is 19.7. The minimum absolute atomic E-state index is 0.0250. The van der Waals surface area contributed by atoms with Gasteiger partial charge in [0, 0.05) is 37.0 Å². The van der Waals surface area contributed by atoms with Crippen LogP contribution in [0.2, 0.25) is 0 Å². The van der Waals surface area contributed by atoms with Crippen molar-refractivity contribution in [1.82, 2.24) is 4.57 Å². The first-order valence-corrected chi connectivity index (χ1v) is 9.82. The van der Waals surface area contributed by atoms with Gasteiger partial charge in [0.2, 0.25) is 0 Å². The number of ether oxygens (including phenoxy) is 4. The summed E-state index contributed by atoms with van der Waals surface area (Å²) in [6, 6.07) is 5.61. The molecule has 1 aromatic carbocycles. The molecule has 3 heterocycles. The fourth-order valence-corrected chi connectivity index (χ4v) is 4.15. The number of methoxy groups -OCH3 is 2. The third kappa shape index (κ3) is 3.37. The summed E-state index contributed by atoms with van der Waals surface area (Å²) < 4.78 is 24.3. The monoisotopic (exact) mass is 385 g/mol. The number of pyridine rings is 1. The highest BCUT2D eigenvalue weighted by molar-refractivity contribution is 5.74. The van der Waals surface area contributed by atoms with Gasteiger partial charge in [-0.1, -0.05) is 0 Å². The van der Waals surface area contributed by atoms with Crippen molar-refractivity contribution in [2.75, 3.05) is 34.0 Å². The van der Waals surface area contributed by atoms with Crippen molar-refractivity contribution in [1.29, 1.82) is 0 Å². The maximum absolute atomic E-state index is 12.8. The van der Waals surface area contributed by atoms with Crippen LogP contribution in [0, 0.1) is 12.8 Å². The Kier molecular flexibility index (Phi) is 5.31. The van der Waals surface area contributed by atoms with Crippen LogP contribution in [0.3, 0.4) is 0 Å². The first kappa shape index (κ1) is 18.9. The van der Waals surface area contributed by atoms with E-state index in [0.29, 0.717) is 36.3 Å². The summed E-state index contributed by atoms with van der Waals surface area (Å²) in [6.45, 7) is 4.86. The number of rotatable bonds is 5. The smallest absolute Gasteiger partial charge is 0.254 e. The average molecular weight is 385 g/mol. The molecule has 0 spiro atoms. The lowest BCUT2D eigenvalue weighted by atomic mass is 9.93. The number of benzene rings is 1. The summed E-state index contributed by atoms with van der Waals surface area (Å²) in [5, 5.41) is 0. The molecule has 4 rings (SSSR count). The second-order valence-electron chi connectivity index (χ2n) is 7.45. The highest BCUT2D eigenvalue weighted by Crippen LogP contribution is 2.40. The van der Waals surface area contributed by atoms with E-state index in [1.165, 1.54) is 0 Å². The van der Waals surface area contributed by atoms with E-state index in [4.69, 9.17) is 18.9 Å². The van der Waals surface area contributed by atoms with Gasteiger partial charge in [-0.15, -0.1) is 0 Å². The summed E-state index contributed by atoms with van der Waals surface area (Å²) in [5.74, 6) is 2.52. The molecule has 0 atom stereocenters. The van der Waals surface area contributed by atoms with Gasteiger partial charge in [0.15, 0.2) is 11.5 Å². The molecular weight excluding hydrogens is 358 g/mol.